The lowest BCUT2D eigenvalue weighted by Gasteiger charge is -1.98. The fraction of sp³-hybridized carbons (Fsp3) is 0.0833. The predicted octanol–water partition coefficient (Wildman–Crippen LogP) is 3.26. The van der Waals surface area contributed by atoms with Crippen LogP contribution in [0.5, 0.6) is 0 Å². The van der Waals surface area contributed by atoms with Gasteiger partial charge in [-0.05, 0) is 43.0 Å². The molecule has 1 N–H and O–H groups in total. The lowest BCUT2D eigenvalue weighted by molar-refractivity contribution is 0.108. The van der Waals surface area contributed by atoms with Crippen LogP contribution in [0.4, 0.5) is 0 Å². The number of benzene rings is 1. The molecule has 0 saturated heterocycles. The lowest BCUT2D eigenvalue weighted by Crippen LogP contribution is -1.92. The summed E-state index contributed by atoms with van der Waals surface area (Å²) in [5.41, 5.74) is 1.71. The van der Waals surface area contributed by atoms with Crippen LogP contribution in [0.15, 0.2) is 34.8 Å². The molecule has 0 amide bonds. The van der Waals surface area contributed by atoms with Gasteiger partial charge in [0.15, 0.2) is 4.34 Å². The Hall–Kier alpha value is -1.66. The van der Waals surface area contributed by atoms with E-state index in [1.54, 1.807) is 0 Å². The number of thioether (sulfide) groups is 1. The first-order valence-electron chi connectivity index (χ1n) is 5.32. The summed E-state index contributed by atoms with van der Waals surface area (Å²) in [6.45, 7) is 1.87. The molecular formula is C12H9N3OS2. The number of hydrogen-bond donors (Lipinski definition) is 1. The minimum absolute atomic E-state index is 0.00532. The predicted molar refractivity (Wildman–Crippen MR) is 73.1 cm³/mol. The molecule has 18 heavy (non-hydrogen) atoms. The third-order valence-electron chi connectivity index (χ3n) is 2.48. The minimum Gasteiger partial charge on any atom is -0.361 e. The Bertz CT molecular complexity index is 717. The van der Waals surface area contributed by atoms with E-state index in [0.29, 0.717) is 9.90 Å². The molecule has 0 bridgehead atoms. The highest BCUT2D eigenvalue weighted by Crippen LogP contribution is 2.26. The second-order valence-electron chi connectivity index (χ2n) is 3.76. The maximum Gasteiger partial charge on any atom is 0.226 e. The van der Waals surface area contributed by atoms with E-state index in [2.05, 4.69) is 15.2 Å². The quantitative estimate of drug-likeness (QED) is 0.729. The van der Waals surface area contributed by atoms with Crippen molar-refractivity contribution in [1.29, 1.82) is 0 Å². The van der Waals surface area contributed by atoms with E-state index >= 15 is 0 Å². The van der Waals surface area contributed by atoms with Crippen LogP contribution in [0, 0.1) is 6.92 Å². The van der Waals surface area contributed by atoms with Gasteiger partial charge in [0, 0.05) is 22.7 Å². The number of nitrogens with one attached hydrogen (secondary N) is 1. The number of aromatic nitrogens is 3. The normalized spacial score (nSPS) is 10.9. The van der Waals surface area contributed by atoms with Gasteiger partial charge in [0.1, 0.15) is 5.01 Å². The largest absolute Gasteiger partial charge is 0.361 e. The summed E-state index contributed by atoms with van der Waals surface area (Å²) in [5.74, 6) is 0. The second-order valence-corrected chi connectivity index (χ2v) is 6.16. The fourth-order valence-corrected chi connectivity index (χ4v) is 3.29. The molecule has 0 unspecified atom stereocenters. The highest BCUT2D eigenvalue weighted by Gasteiger charge is 2.12. The van der Waals surface area contributed by atoms with Crippen LogP contribution < -0.4 is 0 Å². The van der Waals surface area contributed by atoms with Gasteiger partial charge in [0.05, 0.1) is 0 Å². The number of nitrogens with zero attached hydrogens (tertiary/aromatic N) is 2. The molecular weight excluding hydrogens is 266 g/mol. The van der Waals surface area contributed by atoms with E-state index < -0.39 is 0 Å². The van der Waals surface area contributed by atoms with Crippen molar-refractivity contribution in [3.05, 3.63) is 41.0 Å². The molecule has 1 aromatic carbocycles. The van der Waals surface area contributed by atoms with Crippen molar-refractivity contribution in [2.75, 3.05) is 0 Å². The fourth-order valence-electron chi connectivity index (χ4n) is 1.64. The Morgan fingerprint density at radius 2 is 2.22 bits per heavy atom. The number of H-pyrrole nitrogens is 1. The molecule has 3 aromatic rings. The molecule has 0 atom stereocenters. The van der Waals surface area contributed by atoms with Crippen molar-refractivity contribution in [1.82, 2.24) is 15.2 Å². The second kappa shape index (κ2) is 4.55. The van der Waals surface area contributed by atoms with E-state index in [0.717, 1.165) is 27.7 Å². The summed E-state index contributed by atoms with van der Waals surface area (Å²) in [7, 11) is 0. The molecule has 0 spiro atoms. The number of aryl methyl sites for hydroxylation is 1. The van der Waals surface area contributed by atoms with Crippen molar-refractivity contribution in [3.63, 3.8) is 0 Å². The van der Waals surface area contributed by atoms with Crippen molar-refractivity contribution in [2.24, 2.45) is 0 Å². The lowest BCUT2D eigenvalue weighted by atomic mass is 10.2. The van der Waals surface area contributed by atoms with Crippen LogP contribution in [0.25, 0.3) is 10.9 Å². The zero-order valence-electron chi connectivity index (χ0n) is 9.51. The molecule has 0 aliphatic rings. The van der Waals surface area contributed by atoms with Crippen LogP contribution in [0.1, 0.15) is 15.4 Å². The smallest absolute Gasteiger partial charge is 0.226 e. The number of fused-ring (bicyclic) bond motifs is 1. The van der Waals surface area contributed by atoms with Gasteiger partial charge in [0.25, 0.3) is 0 Å². The maximum absolute atomic E-state index is 12.1. The average Bonchev–Trinajstić information content (AvgIpc) is 2.96. The van der Waals surface area contributed by atoms with Crippen molar-refractivity contribution < 1.29 is 4.79 Å². The third-order valence-corrected chi connectivity index (χ3v) is 4.29. The molecule has 0 fully saturated rings. The molecule has 6 heteroatoms. The minimum atomic E-state index is -0.00532. The van der Waals surface area contributed by atoms with E-state index in [4.69, 9.17) is 0 Å². The number of aromatic amines is 1. The van der Waals surface area contributed by atoms with Gasteiger partial charge in [-0.3, -0.25) is 4.79 Å². The standard InChI is InChI=1S/C12H9N3OS2/c1-7-14-15-12(17-7)18-11(16)9-2-3-10-8(6-9)4-5-13-10/h2-6,13H,1H3. The molecule has 2 heterocycles. The number of rotatable bonds is 2. The first-order valence-corrected chi connectivity index (χ1v) is 6.95. The Morgan fingerprint density at radius 3 is 3.00 bits per heavy atom. The first kappa shape index (κ1) is 11.4. The SMILES string of the molecule is Cc1nnc(SC(=O)c2ccc3[nH]ccc3c2)s1. The Morgan fingerprint density at radius 1 is 1.33 bits per heavy atom. The monoisotopic (exact) mass is 275 g/mol. The van der Waals surface area contributed by atoms with E-state index in [9.17, 15) is 4.79 Å². The Labute approximate surface area is 111 Å². The van der Waals surface area contributed by atoms with Crippen LogP contribution in [0.3, 0.4) is 0 Å². The van der Waals surface area contributed by atoms with E-state index in [-0.39, 0.29) is 5.12 Å². The molecule has 0 radical (unpaired) electrons. The zero-order chi connectivity index (χ0) is 12.5. The summed E-state index contributed by atoms with van der Waals surface area (Å²) in [6.07, 6.45) is 1.86. The molecule has 2 aromatic heterocycles. The van der Waals surface area contributed by atoms with Gasteiger partial charge in [0.2, 0.25) is 5.12 Å². The Balaban J connectivity index is 1.87. The summed E-state index contributed by atoms with van der Waals surface area (Å²) in [4.78, 5) is 15.2. The summed E-state index contributed by atoms with van der Waals surface area (Å²) in [6, 6.07) is 7.57. The van der Waals surface area contributed by atoms with Gasteiger partial charge < -0.3 is 4.98 Å². The first-order chi connectivity index (χ1) is 8.72. The molecule has 90 valence electrons. The maximum atomic E-state index is 12.1. The van der Waals surface area contributed by atoms with Gasteiger partial charge in [-0.25, -0.2) is 0 Å². The van der Waals surface area contributed by atoms with E-state index in [1.165, 1.54) is 11.3 Å². The van der Waals surface area contributed by atoms with Crippen LogP contribution >= 0.6 is 23.1 Å². The van der Waals surface area contributed by atoms with Gasteiger partial charge in [-0.15, -0.1) is 10.2 Å². The topological polar surface area (TPSA) is 58.6 Å². The summed E-state index contributed by atoms with van der Waals surface area (Å²) < 4.78 is 0.687. The van der Waals surface area contributed by atoms with E-state index in [1.807, 2.05) is 37.4 Å². The average molecular weight is 275 g/mol. The van der Waals surface area contributed by atoms with Crippen molar-refractivity contribution >= 4 is 39.1 Å². The third kappa shape index (κ3) is 2.16. The molecule has 3 rings (SSSR count). The number of hydrogen-bond acceptors (Lipinski definition) is 5. The number of carbonyl (C=O) groups is 1. The Kier molecular flexibility index (Phi) is 2.89. The number of carbonyl (C=O) groups excluding carboxylic acids is 1. The molecule has 0 aliphatic heterocycles. The molecule has 0 aliphatic carbocycles. The zero-order valence-corrected chi connectivity index (χ0v) is 11.1. The highest BCUT2D eigenvalue weighted by atomic mass is 32.2. The van der Waals surface area contributed by atoms with Gasteiger partial charge in [-0.2, -0.15) is 0 Å². The van der Waals surface area contributed by atoms with Crippen molar-refractivity contribution in [2.45, 2.75) is 11.3 Å². The molecule has 0 saturated carbocycles. The van der Waals surface area contributed by atoms with Crippen LogP contribution in [-0.4, -0.2) is 20.3 Å². The van der Waals surface area contributed by atoms with Crippen molar-refractivity contribution in [3.8, 4) is 0 Å². The van der Waals surface area contributed by atoms with Gasteiger partial charge >= 0.3 is 0 Å². The van der Waals surface area contributed by atoms with Crippen LogP contribution in [-0.2, 0) is 0 Å². The highest BCUT2D eigenvalue weighted by molar-refractivity contribution is 8.15. The van der Waals surface area contributed by atoms with Gasteiger partial charge in [-0.1, -0.05) is 11.3 Å². The molecule has 4 nitrogen and oxygen atoms in total. The van der Waals surface area contributed by atoms with Crippen LogP contribution in [0.2, 0.25) is 0 Å². The summed E-state index contributed by atoms with van der Waals surface area (Å²) >= 11 is 2.55. The summed E-state index contributed by atoms with van der Waals surface area (Å²) in [5, 5.41) is 9.73.